The van der Waals surface area contributed by atoms with E-state index in [1.165, 1.54) is 22.5 Å². The van der Waals surface area contributed by atoms with Gasteiger partial charge in [-0.15, -0.1) is 0 Å². The van der Waals surface area contributed by atoms with Gasteiger partial charge in [-0.3, -0.25) is 9.69 Å². The van der Waals surface area contributed by atoms with Crippen molar-refractivity contribution in [2.45, 2.75) is 24.5 Å². The lowest BCUT2D eigenvalue weighted by Gasteiger charge is -2.34. The number of hydrogen-bond donors (Lipinski definition) is 1. The molecule has 190 valence electrons. The molecule has 0 aromatic heterocycles. The second-order valence-corrected chi connectivity index (χ2v) is 10.6. The van der Waals surface area contributed by atoms with Gasteiger partial charge in [0.25, 0.3) is 5.91 Å². The van der Waals surface area contributed by atoms with Crippen LogP contribution in [0.1, 0.15) is 27.0 Å². The van der Waals surface area contributed by atoms with Crippen LogP contribution in [0.3, 0.4) is 0 Å². The van der Waals surface area contributed by atoms with E-state index in [0.717, 1.165) is 17.2 Å². The predicted molar refractivity (Wildman–Crippen MR) is 131 cm³/mol. The molecule has 10 heteroatoms. The van der Waals surface area contributed by atoms with Crippen molar-refractivity contribution in [3.63, 3.8) is 0 Å². The summed E-state index contributed by atoms with van der Waals surface area (Å²) in [6.45, 7) is 4.33. The Morgan fingerprint density at radius 1 is 0.889 bits per heavy atom. The zero-order valence-electron chi connectivity index (χ0n) is 19.6. The summed E-state index contributed by atoms with van der Waals surface area (Å²) in [7, 11) is -3.54. The number of carbonyl (C=O) groups excluding carboxylic acids is 1. The van der Waals surface area contributed by atoms with Gasteiger partial charge in [-0.1, -0.05) is 42.0 Å². The molecule has 0 bridgehead atoms. The van der Waals surface area contributed by atoms with Crippen LogP contribution in [-0.4, -0.2) is 49.7 Å². The maximum atomic E-state index is 13.2. The number of halogens is 3. The van der Waals surface area contributed by atoms with E-state index in [4.69, 9.17) is 0 Å². The van der Waals surface area contributed by atoms with Gasteiger partial charge in [0.05, 0.1) is 16.1 Å². The summed E-state index contributed by atoms with van der Waals surface area (Å²) in [4.78, 5) is 14.9. The summed E-state index contributed by atoms with van der Waals surface area (Å²) in [5.74, 6) is -0.631. The summed E-state index contributed by atoms with van der Waals surface area (Å²) in [6.07, 6.45) is -4.57. The molecule has 0 aliphatic carbocycles. The van der Waals surface area contributed by atoms with Crippen LogP contribution in [-0.2, 0) is 22.7 Å². The van der Waals surface area contributed by atoms with Gasteiger partial charge in [0.1, 0.15) is 0 Å². The average molecular weight is 518 g/mol. The molecule has 1 heterocycles. The lowest BCUT2D eigenvalue weighted by atomic mass is 10.1. The van der Waals surface area contributed by atoms with Crippen LogP contribution in [0.4, 0.5) is 18.9 Å². The number of rotatable bonds is 6. The highest BCUT2D eigenvalue weighted by molar-refractivity contribution is 7.89. The highest BCUT2D eigenvalue weighted by Gasteiger charge is 2.33. The number of nitrogens with one attached hydrogen (secondary N) is 1. The maximum absolute atomic E-state index is 13.2. The zero-order valence-corrected chi connectivity index (χ0v) is 20.4. The summed E-state index contributed by atoms with van der Waals surface area (Å²) < 4.78 is 66.8. The highest BCUT2D eigenvalue weighted by Crippen LogP contribution is 2.34. The number of amides is 1. The standard InChI is InChI=1S/C26H26F3N3O3S/c1-19-6-12-22(13-7-19)36(34,35)32-16-14-31(15-17-32)18-20-8-10-21(11-9-20)25(33)30-24-5-3-2-4-23(24)26(27,28)29/h2-13H,14-18H2,1H3,(H,30,33). The summed E-state index contributed by atoms with van der Waals surface area (Å²) >= 11 is 0. The zero-order chi connectivity index (χ0) is 25.9. The molecule has 0 radical (unpaired) electrons. The number of piperazine rings is 1. The van der Waals surface area contributed by atoms with E-state index in [1.54, 1.807) is 48.5 Å². The Hall–Kier alpha value is -3.21. The SMILES string of the molecule is Cc1ccc(S(=O)(=O)N2CCN(Cc3ccc(C(=O)Nc4ccccc4C(F)(F)F)cc3)CC2)cc1. The molecule has 6 nitrogen and oxygen atoms in total. The largest absolute Gasteiger partial charge is 0.418 e. The van der Waals surface area contributed by atoms with Crippen molar-refractivity contribution in [3.8, 4) is 0 Å². The summed E-state index contributed by atoms with van der Waals surface area (Å²) in [6, 6.07) is 18.3. The van der Waals surface area contributed by atoms with Crippen molar-refractivity contribution < 1.29 is 26.4 Å². The second kappa shape index (κ2) is 10.4. The Labute approximate surface area is 208 Å². The Kier molecular flexibility index (Phi) is 7.49. The number of benzene rings is 3. The van der Waals surface area contributed by atoms with Gasteiger partial charge in [0.15, 0.2) is 0 Å². The Bertz CT molecular complexity index is 1320. The number of aryl methyl sites for hydroxylation is 1. The van der Waals surface area contributed by atoms with Crippen molar-refractivity contribution in [2.75, 3.05) is 31.5 Å². The van der Waals surface area contributed by atoms with Gasteiger partial charge >= 0.3 is 6.18 Å². The van der Waals surface area contributed by atoms with E-state index in [9.17, 15) is 26.4 Å². The van der Waals surface area contributed by atoms with Crippen LogP contribution in [0.5, 0.6) is 0 Å². The minimum atomic E-state index is -4.57. The number of hydrogen-bond acceptors (Lipinski definition) is 4. The molecular formula is C26H26F3N3O3S. The normalized spacial score (nSPS) is 15.6. The molecule has 0 atom stereocenters. The van der Waals surface area contributed by atoms with Crippen molar-refractivity contribution in [3.05, 3.63) is 95.1 Å². The van der Waals surface area contributed by atoms with Gasteiger partial charge in [-0.25, -0.2) is 8.42 Å². The predicted octanol–water partition coefficient (Wildman–Crippen LogP) is 4.77. The molecule has 36 heavy (non-hydrogen) atoms. The third-order valence-electron chi connectivity index (χ3n) is 6.09. The van der Waals surface area contributed by atoms with E-state index in [1.807, 2.05) is 6.92 Å². The van der Waals surface area contributed by atoms with Gasteiger partial charge in [-0.05, 0) is 48.9 Å². The lowest BCUT2D eigenvalue weighted by Crippen LogP contribution is -2.48. The maximum Gasteiger partial charge on any atom is 0.418 e. The van der Waals surface area contributed by atoms with Crippen LogP contribution in [0.2, 0.25) is 0 Å². The minimum Gasteiger partial charge on any atom is -0.321 e. The molecule has 1 aliphatic heterocycles. The molecule has 1 N–H and O–H groups in total. The molecule has 0 spiro atoms. The number of alkyl halides is 3. The first kappa shape index (κ1) is 25.9. The molecule has 1 fully saturated rings. The second-order valence-electron chi connectivity index (χ2n) is 8.69. The van der Waals surface area contributed by atoms with Crippen molar-refractivity contribution in [1.82, 2.24) is 9.21 Å². The van der Waals surface area contributed by atoms with Crippen molar-refractivity contribution >= 4 is 21.6 Å². The molecule has 1 aliphatic rings. The van der Waals surface area contributed by atoms with E-state index >= 15 is 0 Å². The first-order valence-corrected chi connectivity index (χ1v) is 12.8. The van der Waals surface area contributed by atoms with Gasteiger partial charge < -0.3 is 5.32 Å². The minimum absolute atomic E-state index is 0.240. The Morgan fingerprint density at radius 2 is 1.50 bits per heavy atom. The smallest absolute Gasteiger partial charge is 0.321 e. The Balaban J connectivity index is 1.34. The molecule has 4 rings (SSSR count). The lowest BCUT2D eigenvalue weighted by molar-refractivity contribution is -0.136. The van der Waals surface area contributed by atoms with E-state index in [2.05, 4.69) is 10.2 Å². The molecule has 3 aromatic carbocycles. The molecule has 1 amide bonds. The molecule has 3 aromatic rings. The molecule has 0 saturated carbocycles. The number of carbonyl (C=O) groups is 1. The Morgan fingerprint density at radius 3 is 2.11 bits per heavy atom. The van der Waals surface area contributed by atoms with Crippen LogP contribution in [0.25, 0.3) is 0 Å². The van der Waals surface area contributed by atoms with Gasteiger partial charge in [0, 0.05) is 38.3 Å². The fourth-order valence-electron chi connectivity index (χ4n) is 4.04. The quantitative estimate of drug-likeness (QED) is 0.511. The monoisotopic (exact) mass is 517 g/mol. The van der Waals surface area contributed by atoms with Crippen molar-refractivity contribution in [1.29, 1.82) is 0 Å². The third kappa shape index (κ3) is 5.95. The van der Waals surface area contributed by atoms with Crippen LogP contribution < -0.4 is 5.32 Å². The number of sulfonamides is 1. The van der Waals surface area contributed by atoms with E-state index in [0.29, 0.717) is 32.7 Å². The highest BCUT2D eigenvalue weighted by atomic mass is 32.2. The van der Waals surface area contributed by atoms with Crippen molar-refractivity contribution in [2.24, 2.45) is 0 Å². The fraction of sp³-hybridized carbons (Fsp3) is 0.269. The third-order valence-corrected chi connectivity index (χ3v) is 8.01. The van der Waals surface area contributed by atoms with Crippen LogP contribution >= 0.6 is 0 Å². The van der Waals surface area contributed by atoms with E-state index in [-0.39, 0.29) is 16.1 Å². The molecule has 0 unspecified atom stereocenters. The number of anilines is 1. The topological polar surface area (TPSA) is 69.7 Å². The van der Waals surface area contributed by atoms with Gasteiger partial charge in [-0.2, -0.15) is 17.5 Å². The van der Waals surface area contributed by atoms with Crippen LogP contribution in [0, 0.1) is 6.92 Å². The molecular weight excluding hydrogens is 491 g/mol. The number of para-hydroxylation sites is 1. The number of nitrogens with zero attached hydrogens (tertiary/aromatic N) is 2. The molecule has 1 saturated heterocycles. The van der Waals surface area contributed by atoms with E-state index < -0.39 is 27.7 Å². The average Bonchev–Trinajstić information content (AvgIpc) is 2.85. The van der Waals surface area contributed by atoms with Gasteiger partial charge in [0.2, 0.25) is 10.0 Å². The fourth-order valence-corrected chi connectivity index (χ4v) is 5.46. The summed E-state index contributed by atoms with van der Waals surface area (Å²) in [5.41, 5.74) is 0.950. The first-order chi connectivity index (χ1) is 17.0. The van der Waals surface area contributed by atoms with Crippen LogP contribution in [0.15, 0.2) is 77.7 Å². The first-order valence-electron chi connectivity index (χ1n) is 11.4. The summed E-state index contributed by atoms with van der Waals surface area (Å²) in [5, 5.41) is 2.34.